The number of carbonyl (C=O) groups is 1. The Labute approximate surface area is 163 Å². The minimum Gasteiger partial charge on any atom is -0.465 e. The van der Waals surface area contributed by atoms with E-state index in [0.29, 0.717) is 17.2 Å². The Kier molecular flexibility index (Phi) is 4.68. The maximum absolute atomic E-state index is 12.7. The number of sulfonamides is 1. The van der Waals surface area contributed by atoms with Crippen LogP contribution in [0, 0.1) is 6.92 Å². The maximum atomic E-state index is 12.7. The monoisotopic (exact) mass is 399 g/mol. The van der Waals surface area contributed by atoms with Gasteiger partial charge < -0.3 is 4.74 Å². The van der Waals surface area contributed by atoms with Gasteiger partial charge in [-0.1, -0.05) is 6.07 Å². The Hall–Kier alpha value is -2.71. The van der Waals surface area contributed by atoms with E-state index in [-0.39, 0.29) is 11.4 Å². The average Bonchev–Trinajstić information content (AvgIpc) is 3.44. The third kappa shape index (κ3) is 3.53. The minimum atomic E-state index is -3.71. The molecule has 146 valence electrons. The molecule has 0 aliphatic heterocycles. The van der Waals surface area contributed by atoms with Crippen molar-refractivity contribution in [2.24, 2.45) is 0 Å². The van der Waals surface area contributed by atoms with Crippen LogP contribution in [0.3, 0.4) is 0 Å². The van der Waals surface area contributed by atoms with Crippen LogP contribution in [0.15, 0.2) is 47.5 Å². The summed E-state index contributed by atoms with van der Waals surface area (Å²) < 4.78 is 34.7. The first-order valence-corrected chi connectivity index (χ1v) is 10.5. The first-order chi connectivity index (χ1) is 13.4. The highest BCUT2D eigenvalue weighted by Crippen LogP contribution is 2.36. The predicted octanol–water partition coefficient (Wildman–Crippen LogP) is 2.94. The Morgan fingerprint density at radius 3 is 2.71 bits per heavy atom. The fourth-order valence-corrected chi connectivity index (χ4v) is 4.52. The van der Waals surface area contributed by atoms with Crippen LogP contribution in [-0.4, -0.2) is 31.3 Å². The average molecular weight is 399 g/mol. The largest absolute Gasteiger partial charge is 0.465 e. The van der Waals surface area contributed by atoms with Crippen molar-refractivity contribution in [2.75, 3.05) is 7.11 Å². The Bertz CT molecular complexity index is 1160. The number of hydrogen-bond donors (Lipinski definition) is 1. The van der Waals surface area contributed by atoms with Crippen LogP contribution in [0.2, 0.25) is 0 Å². The number of ether oxygens (including phenoxy) is 1. The molecule has 7 nitrogen and oxygen atoms in total. The number of nitrogens with one attached hydrogen (secondary N) is 1. The standard InChI is InChI=1S/C20H21N3O4S/c1-13-9-15(20(24)27-2)4-8-19(13)28(25,26)22-11-14-3-7-18-16(10-14)12-21-23(18)17-5-6-17/h3-4,7-10,12,17,22H,5-6,11H2,1-2H3. The molecule has 1 aromatic heterocycles. The molecule has 1 aliphatic rings. The summed E-state index contributed by atoms with van der Waals surface area (Å²) in [4.78, 5) is 11.7. The molecule has 1 heterocycles. The van der Waals surface area contributed by atoms with Gasteiger partial charge in [-0.05, 0) is 61.2 Å². The number of nitrogens with zero attached hydrogens (tertiary/aromatic N) is 2. The first-order valence-electron chi connectivity index (χ1n) is 9.04. The molecule has 1 N–H and O–H groups in total. The number of esters is 1. The summed E-state index contributed by atoms with van der Waals surface area (Å²) in [6.45, 7) is 1.82. The van der Waals surface area contributed by atoms with Gasteiger partial charge in [0.2, 0.25) is 10.0 Å². The Morgan fingerprint density at radius 1 is 1.25 bits per heavy atom. The van der Waals surface area contributed by atoms with Gasteiger partial charge in [0.1, 0.15) is 0 Å². The number of carbonyl (C=O) groups excluding carboxylic acids is 1. The fraction of sp³-hybridized carbons (Fsp3) is 0.300. The lowest BCUT2D eigenvalue weighted by Gasteiger charge is -2.11. The molecule has 1 aliphatic carbocycles. The van der Waals surface area contributed by atoms with Gasteiger partial charge in [0, 0.05) is 11.9 Å². The van der Waals surface area contributed by atoms with Crippen molar-refractivity contribution in [2.45, 2.75) is 37.2 Å². The second-order valence-electron chi connectivity index (χ2n) is 7.01. The zero-order valence-corrected chi connectivity index (χ0v) is 16.5. The number of methoxy groups -OCH3 is 1. The van der Waals surface area contributed by atoms with Crippen molar-refractivity contribution in [3.05, 3.63) is 59.3 Å². The van der Waals surface area contributed by atoms with E-state index >= 15 is 0 Å². The van der Waals surface area contributed by atoms with Crippen molar-refractivity contribution in [1.29, 1.82) is 0 Å². The van der Waals surface area contributed by atoms with Gasteiger partial charge in [-0.25, -0.2) is 17.9 Å². The molecule has 28 heavy (non-hydrogen) atoms. The smallest absolute Gasteiger partial charge is 0.337 e. The minimum absolute atomic E-state index is 0.141. The normalized spacial score (nSPS) is 14.4. The fourth-order valence-electron chi connectivity index (χ4n) is 3.27. The molecule has 0 bridgehead atoms. The van der Waals surface area contributed by atoms with Crippen LogP contribution in [0.4, 0.5) is 0 Å². The highest BCUT2D eigenvalue weighted by Gasteiger charge is 2.25. The molecule has 4 rings (SSSR count). The molecular weight excluding hydrogens is 378 g/mol. The van der Waals surface area contributed by atoms with Crippen molar-refractivity contribution < 1.29 is 17.9 Å². The van der Waals surface area contributed by atoms with Crippen molar-refractivity contribution in [1.82, 2.24) is 14.5 Å². The van der Waals surface area contributed by atoms with Gasteiger partial charge in [-0.15, -0.1) is 0 Å². The second kappa shape index (κ2) is 7.03. The second-order valence-corrected chi connectivity index (χ2v) is 8.75. The van der Waals surface area contributed by atoms with E-state index in [9.17, 15) is 13.2 Å². The van der Waals surface area contributed by atoms with E-state index in [4.69, 9.17) is 0 Å². The lowest BCUT2D eigenvalue weighted by atomic mass is 10.1. The molecule has 0 amide bonds. The molecule has 0 saturated heterocycles. The Morgan fingerprint density at radius 2 is 2.04 bits per heavy atom. The van der Waals surface area contributed by atoms with Gasteiger partial charge in [-0.3, -0.25) is 4.68 Å². The molecule has 2 aromatic carbocycles. The number of aromatic nitrogens is 2. The predicted molar refractivity (Wildman–Crippen MR) is 105 cm³/mol. The molecular formula is C20H21N3O4S. The topological polar surface area (TPSA) is 90.3 Å². The maximum Gasteiger partial charge on any atom is 0.337 e. The molecule has 1 saturated carbocycles. The summed E-state index contributed by atoms with van der Waals surface area (Å²) >= 11 is 0. The first kappa shape index (κ1) is 18.6. The SMILES string of the molecule is COC(=O)c1ccc(S(=O)(=O)NCc2ccc3c(cnn3C3CC3)c2)c(C)c1. The number of hydrogen-bond acceptors (Lipinski definition) is 5. The van der Waals surface area contributed by atoms with E-state index < -0.39 is 16.0 Å². The van der Waals surface area contributed by atoms with Crippen LogP contribution >= 0.6 is 0 Å². The highest BCUT2D eigenvalue weighted by atomic mass is 32.2. The van der Waals surface area contributed by atoms with Gasteiger partial charge in [0.05, 0.1) is 35.3 Å². The van der Waals surface area contributed by atoms with E-state index in [1.165, 1.54) is 25.3 Å². The van der Waals surface area contributed by atoms with Gasteiger partial charge in [0.25, 0.3) is 0 Å². The molecule has 0 atom stereocenters. The molecule has 8 heteroatoms. The third-order valence-corrected chi connectivity index (χ3v) is 6.47. The molecule has 3 aromatic rings. The van der Waals surface area contributed by atoms with E-state index in [2.05, 4.69) is 14.6 Å². The van der Waals surface area contributed by atoms with Crippen molar-refractivity contribution >= 4 is 26.9 Å². The van der Waals surface area contributed by atoms with Crippen LogP contribution in [0.1, 0.15) is 40.4 Å². The van der Waals surface area contributed by atoms with Crippen LogP contribution in [0.5, 0.6) is 0 Å². The number of fused-ring (bicyclic) bond motifs is 1. The van der Waals surface area contributed by atoms with Crippen molar-refractivity contribution in [3.63, 3.8) is 0 Å². The van der Waals surface area contributed by atoms with Gasteiger partial charge >= 0.3 is 5.97 Å². The summed E-state index contributed by atoms with van der Waals surface area (Å²) in [5.41, 5.74) is 2.73. The number of aryl methyl sites for hydroxylation is 1. The molecule has 0 unspecified atom stereocenters. The summed E-state index contributed by atoms with van der Waals surface area (Å²) in [6, 6.07) is 10.7. The Balaban J connectivity index is 1.52. The van der Waals surface area contributed by atoms with Gasteiger partial charge in [0.15, 0.2) is 0 Å². The van der Waals surface area contributed by atoms with Crippen LogP contribution in [-0.2, 0) is 21.3 Å². The third-order valence-electron chi connectivity index (χ3n) is 4.90. The van der Waals surface area contributed by atoms with Gasteiger partial charge in [-0.2, -0.15) is 5.10 Å². The van der Waals surface area contributed by atoms with Crippen molar-refractivity contribution in [3.8, 4) is 0 Å². The van der Waals surface area contributed by atoms with Crippen LogP contribution < -0.4 is 4.72 Å². The highest BCUT2D eigenvalue weighted by molar-refractivity contribution is 7.89. The lowest BCUT2D eigenvalue weighted by molar-refractivity contribution is 0.0600. The number of benzene rings is 2. The molecule has 0 spiro atoms. The summed E-state index contributed by atoms with van der Waals surface area (Å²) in [6.07, 6.45) is 4.14. The van der Waals surface area contributed by atoms with E-state index in [1.807, 2.05) is 29.1 Å². The van der Waals surface area contributed by atoms with E-state index in [1.54, 1.807) is 6.92 Å². The van der Waals surface area contributed by atoms with E-state index in [0.717, 1.165) is 29.3 Å². The molecule has 0 radical (unpaired) electrons. The van der Waals surface area contributed by atoms with Crippen LogP contribution in [0.25, 0.3) is 10.9 Å². The molecule has 1 fully saturated rings. The zero-order chi connectivity index (χ0) is 19.9. The zero-order valence-electron chi connectivity index (χ0n) is 15.7. The number of rotatable bonds is 6. The quantitative estimate of drug-likeness (QED) is 0.644. The summed E-state index contributed by atoms with van der Waals surface area (Å²) in [5.74, 6) is -0.500. The summed E-state index contributed by atoms with van der Waals surface area (Å²) in [5, 5.41) is 5.44. The lowest BCUT2D eigenvalue weighted by Crippen LogP contribution is -2.24. The summed E-state index contributed by atoms with van der Waals surface area (Å²) in [7, 11) is -2.43.